The Morgan fingerprint density at radius 2 is 2.06 bits per heavy atom. The molecule has 0 aliphatic carbocycles. The van der Waals surface area contributed by atoms with Gasteiger partial charge >= 0.3 is 0 Å². The maximum Gasteiger partial charge on any atom is 0.280 e. The predicted molar refractivity (Wildman–Crippen MR) is 58.1 cm³/mol. The average Bonchev–Trinajstić information content (AvgIpc) is 2.43. The third kappa shape index (κ3) is 2.81. The van der Waals surface area contributed by atoms with Crippen LogP contribution in [0.2, 0.25) is 0 Å². The molecule has 0 unspecified atom stereocenters. The largest absolute Gasteiger partial charge is 0.473 e. The van der Waals surface area contributed by atoms with Crippen molar-refractivity contribution in [3.05, 3.63) is 24.3 Å². The first kappa shape index (κ1) is 12.7. The van der Waals surface area contributed by atoms with Gasteiger partial charge in [-0.05, 0) is 34.3 Å². The Bertz CT molecular complexity index is 391. The summed E-state index contributed by atoms with van der Waals surface area (Å²) in [5.74, 6) is 0.156. The van der Waals surface area contributed by atoms with Crippen molar-refractivity contribution in [2.45, 2.75) is 39.7 Å². The summed E-state index contributed by atoms with van der Waals surface area (Å²) in [6.07, 6.45) is -1.30. The van der Waals surface area contributed by atoms with E-state index in [1.165, 1.54) is 17.8 Å². The molecule has 0 atom stereocenters. The van der Waals surface area contributed by atoms with Gasteiger partial charge in [0.1, 0.15) is 17.6 Å². The van der Waals surface area contributed by atoms with Crippen LogP contribution in [-0.2, 0) is 4.74 Å². The number of aromatic nitrogens is 2. The maximum absolute atomic E-state index is 12.8. The lowest BCUT2D eigenvalue weighted by Gasteiger charge is -2.23. The molecule has 5 heteroatoms. The second kappa shape index (κ2) is 4.23. The van der Waals surface area contributed by atoms with E-state index in [2.05, 4.69) is 11.6 Å². The fraction of sp³-hybridized carbons (Fsp3) is 0.545. The first-order valence-corrected chi connectivity index (χ1v) is 4.92. The van der Waals surface area contributed by atoms with Crippen molar-refractivity contribution in [2.75, 3.05) is 0 Å². The van der Waals surface area contributed by atoms with Crippen molar-refractivity contribution in [3.63, 3.8) is 0 Å². The van der Waals surface area contributed by atoms with Gasteiger partial charge < -0.3 is 4.74 Å². The number of aryl methyl sites for hydroxylation is 1. The van der Waals surface area contributed by atoms with E-state index < -0.39 is 12.0 Å². The summed E-state index contributed by atoms with van der Waals surface area (Å²) in [5.41, 5.74) is -0.364. The molecular weight excluding hydrogens is 214 g/mol. The second-order valence-electron chi connectivity index (χ2n) is 4.49. The molecule has 90 valence electrons. The molecule has 1 aromatic rings. The second-order valence-corrected chi connectivity index (χ2v) is 4.49. The Morgan fingerprint density at radius 1 is 1.50 bits per heavy atom. The SMILES string of the molecule is C=C(OC(C)(C)C)n1cnc(C)c1C(F)F. The van der Waals surface area contributed by atoms with Gasteiger partial charge in [0.15, 0.2) is 5.88 Å². The molecule has 0 fully saturated rings. The Morgan fingerprint density at radius 3 is 2.50 bits per heavy atom. The van der Waals surface area contributed by atoms with Gasteiger partial charge in [0.2, 0.25) is 0 Å². The smallest absolute Gasteiger partial charge is 0.280 e. The lowest BCUT2D eigenvalue weighted by atomic mass is 10.2. The minimum atomic E-state index is -2.59. The van der Waals surface area contributed by atoms with Crippen LogP contribution in [0.1, 0.15) is 38.6 Å². The molecule has 0 aliphatic rings. The van der Waals surface area contributed by atoms with E-state index in [1.54, 1.807) is 0 Å². The van der Waals surface area contributed by atoms with Gasteiger partial charge in [-0.3, -0.25) is 4.57 Å². The van der Waals surface area contributed by atoms with Crippen molar-refractivity contribution in [3.8, 4) is 0 Å². The fourth-order valence-corrected chi connectivity index (χ4v) is 1.31. The maximum atomic E-state index is 12.8. The van der Waals surface area contributed by atoms with E-state index in [0.717, 1.165) is 0 Å². The van der Waals surface area contributed by atoms with Crippen LogP contribution in [0.15, 0.2) is 12.9 Å². The number of halogens is 2. The molecule has 16 heavy (non-hydrogen) atoms. The van der Waals surface area contributed by atoms with Gasteiger partial charge in [0, 0.05) is 0 Å². The van der Waals surface area contributed by atoms with E-state index in [9.17, 15) is 8.78 Å². The molecule has 0 bridgehead atoms. The molecule has 0 amide bonds. The third-order valence-corrected chi connectivity index (χ3v) is 1.90. The van der Waals surface area contributed by atoms with E-state index in [1.807, 2.05) is 20.8 Å². The topological polar surface area (TPSA) is 27.1 Å². The van der Waals surface area contributed by atoms with Gasteiger partial charge in [0.25, 0.3) is 6.43 Å². The molecular formula is C11H16F2N2O. The zero-order valence-corrected chi connectivity index (χ0v) is 9.92. The Balaban J connectivity index is 3.01. The number of nitrogens with zero attached hydrogens (tertiary/aromatic N) is 2. The average molecular weight is 230 g/mol. The van der Waals surface area contributed by atoms with E-state index in [-0.39, 0.29) is 17.3 Å². The number of hydrogen-bond donors (Lipinski definition) is 0. The highest BCUT2D eigenvalue weighted by Gasteiger charge is 2.21. The number of hydrogen-bond acceptors (Lipinski definition) is 2. The molecule has 0 saturated carbocycles. The molecule has 0 N–H and O–H groups in total. The van der Waals surface area contributed by atoms with Crippen molar-refractivity contribution < 1.29 is 13.5 Å². The van der Waals surface area contributed by atoms with Crippen LogP contribution in [-0.4, -0.2) is 15.2 Å². The molecule has 0 saturated heterocycles. The summed E-state index contributed by atoms with van der Waals surface area (Å²) in [5, 5.41) is 0. The number of imidazole rings is 1. The lowest BCUT2D eigenvalue weighted by molar-refractivity contribution is 0.0820. The van der Waals surface area contributed by atoms with Crippen molar-refractivity contribution in [2.24, 2.45) is 0 Å². The first-order valence-electron chi connectivity index (χ1n) is 4.92. The summed E-state index contributed by atoms with van der Waals surface area (Å²) in [6, 6.07) is 0. The highest BCUT2D eigenvalue weighted by molar-refractivity contribution is 5.37. The molecule has 0 spiro atoms. The van der Waals surface area contributed by atoms with Crippen molar-refractivity contribution in [1.29, 1.82) is 0 Å². The fourth-order valence-electron chi connectivity index (χ4n) is 1.31. The Hall–Kier alpha value is -1.39. The van der Waals surface area contributed by atoms with Crippen LogP contribution in [0, 0.1) is 6.92 Å². The molecule has 0 aliphatic heterocycles. The third-order valence-electron chi connectivity index (χ3n) is 1.90. The minimum Gasteiger partial charge on any atom is -0.473 e. The molecule has 1 heterocycles. The van der Waals surface area contributed by atoms with Gasteiger partial charge in [-0.1, -0.05) is 0 Å². The molecule has 1 rings (SSSR count). The molecule has 0 aromatic carbocycles. The summed E-state index contributed by atoms with van der Waals surface area (Å²) >= 11 is 0. The van der Waals surface area contributed by atoms with Crippen molar-refractivity contribution >= 4 is 5.88 Å². The zero-order chi connectivity index (χ0) is 12.5. The summed E-state index contributed by atoms with van der Waals surface area (Å²) in [4.78, 5) is 3.83. The van der Waals surface area contributed by atoms with Gasteiger partial charge in [-0.2, -0.15) is 0 Å². The van der Waals surface area contributed by atoms with Gasteiger partial charge in [0.05, 0.1) is 5.69 Å². The first-order chi connectivity index (χ1) is 7.22. The quantitative estimate of drug-likeness (QED) is 0.744. The van der Waals surface area contributed by atoms with Crippen molar-refractivity contribution in [1.82, 2.24) is 9.55 Å². The summed E-state index contributed by atoms with van der Waals surface area (Å²) in [7, 11) is 0. The Labute approximate surface area is 93.7 Å². The highest BCUT2D eigenvalue weighted by Crippen LogP contribution is 2.26. The predicted octanol–water partition coefficient (Wildman–Crippen LogP) is 3.37. The number of ether oxygens (including phenoxy) is 1. The molecule has 3 nitrogen and oxygen atoms in total. The lowest BCUT2D eigenvalue weighted by Crippen LogP contribution is -2.20. The van der Waals surface area contributed by atoms with Crippen LogP contribution in [0.3, 0.4) is 0 Å². The zero-order valence-electron chi connectivity index (χ0n) is 9.92. The van der Waals surface area contributed by atoms with Crippen LogP contribution in [0.5, 0.6) is 0 Å². The highest BCUT2D eigenvalue weighted by atomic mass is 19.3. The van der Waals surface area contributed by atoms with E-state index in [0.29, 0.717) is 0 Å². The summed E-state index contributed by atoms with van der Waals surface area (Å²) < 4.78 is 32.1. The molecule has 1 aromatic heterocycles. The van der Waals surface area contributed by atoms with Crippen LogP contribution in [0.25, 0.3) is 5.88 Å². The molecule has 0 radical (unpaired) electrons. The standard InChI is InChI=1S/C11H16F2N2O/c1-7-9(10(12)13)15(6-14-7)8(2)16-11(3,4)5/h6,10H,2H2,1,3-5H3. The van der Waals surface area contributed by atoms with Crippen LogP contribution < -0.4 is 0 Å². The van der Waals surface area contributed by atoms with Gasteiger partial charge in [-0.15, -0.1) is 0 Å². The van der Waals surface area contributed by atoms with Crippen LogP contribution in [0.4, 0.5) is 8.78 Å². The minimum absolute atomic E-state index is 0.156. The van der Waals surface area contributed by atoms with E-state index in [4.69, 9.17) is 4.74 Å². The normalized spacial score (nSPS) is 11.9. The Kier molecular flexibility index (Phi) is 3.35. The summed E-state index contributed by atoms with van der Waals surface area (Å²) in [6.45, 7) is 10.6. The monoisotopic (exact) mass is 230 g/mol. The number of alkyl halides is 2. The van der Waals surface area contributed by atoms with E-state index >= 15 is 0 Å². The van der Waals surface area contributed by atoms with Gasteiger partial charge in [-0.25, -0.2) is 13.8 Å². The van der Waals surface area contributed by atoms with Crippen LogP contribution >= 0.6 is 0 Å². The number of rotatable bonds is 3.